The lowest BCUT2D eigenvalue weighted by Gasteiger charge is -2.23. The number of aromatic nitrogens is 1. The number of likely N-dealkylation sites (N-methyl/N-ethyl adjacent to an activating group) is 1. The molecule has 1 aliphatic heterocycles. The van der Waals surface area contributed by atoms with E-state index in [2.05, 4.69) is 68.5 Å². The predicted octanol–water partition coefficient (Wildman–Crippen LogP) is 3.73. The molecule has 2 aromatic rings. The average Bonchev–Trinajstić information content (AvgIpc) is 2.83. The van der Waals surface area contributed by atoms with Gasteiger partial charge >= 0.3 is 0 Å². The van der Waals surface area contributed by atoms with E-state index in [1.54, 1.807) is 0 Å². The normalized spacial score (nSPS) is 19.3. The average molecular weight is 347 g/mol. The fourth-order valence-corrected chi connectivity index (χ4v) is 4.45. The smallest absolute Gasteiger partial charge is 0.222 e. The molecule has 2 heterocycles. The number of hydrogen-bond donors (Lipinski definition) is 0. The molecule has 0 amide bonds. The number of nitrogens with zero attached hydrogens (tertiary/aromatic N) is 2. The number of aryl methyl sites for hydroxylation is 2. The summed E-state index contributed by atoms with van der Waals surface area (Å²) in [7, 11) is 2.05. The van der Waals surface area contributed by atoms with Crippen molar-refractivity contribution in [1.82, 2.24) is 0 Å². The van der Waals surface area contributed by atoms with Crippen LogP contribution in [0, 0.1) is 0 Å². The molecule has 1 aliphatic carbocycles. The van der Waals surface area contributed by atoms with Crippen LogP contribution in [0.5, 0.6) is 0 Å². The summed E-state index contributed by atoms with van der Waals surface area (Å²) in [5.41, 5.74) is 6.25. The first-order chi connectivity index (χ1) is 12.5. The van der Waals surface area contributed by atoms with Crippen LogP contribution in [0.25, 0.3) is 0 Å². The quantitative estimate of drug-likeness (QED) is 0.624. The van der Waals surface area contributed by atoms with Crippen molar-refractivity contribution in [2.75, 3.05) is 11.9 Å². The van der Waals surface area contributed by atoms with Crippen LogP contribution in [0.1, 0.15) is 43.4 Å². The van der Waals surface area contributed by atoms with E-state index in [1.165, 1.54) is 41.6 Å². The predicted molar refractivity (Wildman–Crippen MR) is 104 cm³/mol. The number of carbonyl (C=O) groups is 1. The van der Waals surface area contributed by atoms with Crippen LogP contribution in [0.2, 0.25) is 0 Å². The Morgan fingerprint density at radius 1 is 1.15 bits per heavy atom. The molecule has 0 saturated carbocycles. The first-order valence-electron chi connectivity index (χ1n) is 9.56. The number of pyridine rings is 1. The molecular formula is C23H27N2O+. The van der Waals surface area contributed by atoms with Crippen LogP contribution in [0.3, 0.4) is 0 Å². The first kappa shape index (κ1) is 17.0. The van der Waals surface area contributed by atoms with Crippen LogP contribution in [0.4, 0.5) is 5.69 Å². The molecule has 0 radical (unpaired) electrons. The van der Waals surface area contributed by atoms with Gasteiger partial charge in [-0.3, -0.25) is 4.79 Å². The zero-order chi connectivity index (χ0) is 18.3. The molecule has 0 saturated heterocycles. The summed E-state index contributed by atoms with van der Waals surface area (Å²) in [5.74, 6) is 0.147. The van der Waals surface area contributed by atoms with Crippen molar-refractivity contribution in [2.45, 2.75) is 51.5 Å². The fraction of sp³-hybridized carbons (Fsp3) is 0.391. The topological polar surface area (TPSA) is 24.2 Å². The van der Waals surface area contributed by atoms with Gasteiger partial charge in [-0.25, -0.2) is 0 Å². The second-order valence-electron chi connectivity index (χ2n) is 8.07. The summed E-state index contributed by atoms with van der Waals surface area (Å²) >= 11 is 0. The van der Waals surface area contributed by atoms with E-state index >= 15 is 0 Å². The highest BCUT2D eigenvalue weighted by Crippen LogP contribution is 2.46. The molecule has 4 rings (SSSR count). The molecule has 3 nitrogen and oxygen atoms in total. The highest BCUT2D eigenvalue weighted by molar-refractivity contribution is 5.91. The Morgan fingerprint density at radius 3 is 2.65 bits per heavy atom. The van der Waals surface area contributed by atoms with Crippen molar-refractivity contribution in [3.8, 4) is 0 Å². The number of anilines is 1. The fourth-order valence-electron chi connectivity index (χ4n) is 4.45. The van der Waals surface area contributed by atoms with Crippen LogP contribution >= 0.6 is 0 Å². The Balaban J connectivity index is 1.58. The van der Waals surface area contributed by atoms with Gasteiger partial charge < -0.3 is 4.90 Å². The van der Waals surface area contributed by atoms with Crippen LogP contribution in [-0.4, -0.2) is 12.8 Å². The van der Waals surface area contributed by atoms with Crippen molar-refractivity contribution in [3.05, 3.63) is 71.2 Å². The summed E-state index contributed by atoms with van der Waals surface area (Å²) in [6, 6.07) is 10.6. The summed E-state index contributed by atoms with van der Waals surface area (Å²) in [6.45, 7) is 4.79. The van der Waals surface area contributed by atoms with E-state index in [0.717, 1.165) is 12.1 Å². The van der Waals surface area contributed by atoms with Gasteiger partial charge in [0.1, 0.15) is 0 Å². The summed E-state index contributed by atoms with van der Waals surface area (Å²) in [4.78, 5) is 15.0. The number of carbonyl (C=O) groups excluding carboxylic acids is 1. The van der Waals surface area contributed by atoms with E-state index in [0.29, 0.717) is 6.54 Å². The van der Waals surface area contributed by atoms with E-state index < -0.39 is 0 Å². The van der Waals surface area contributed by atoms with Gasteiger partial charge in [-0.15, -0.1) is 0 Å². The van der Waals surface area contributed by atoms with E-state index in [9.17, 15) is 4.79 Å². The summed E-state index contributed by atoms with van der Waals surface area (Å²) in [6.07, 6.45) is 10.9. The molecule has 134 valence electrons. The van der Waals surface area contributed by atoms with Crippen molar-refractivity contribution in [3.63, 3.8) is 0 Å². The molecule has 0 atom stereocenters. The van der Waals surface area contributed by atoms with Gasteiger partial charge in [-0.05, 0) is 42.9 Å². The molecule has 1 aromatic carbocycles. The Labute approximate surface area is 156 Å². The van der Waals surface area contributed by atoms with Crippen molar-refractivity contribution in [1.29, 1.82) is 0 Å². The molecule has 0 spiro atoms. The molecule has 0 bridgehead atoms. The monoisotopic (exact) mass is 347 g/mol. The first-order valence-corrected chi connectivity index (χ1v) is 9.56. The van der Waals surface area contributed by atoms with Crippen LogP contribution in [-0.2, 0) is 29.6 Å². The molecule has 2 aliphatic rings. The number of rotatable bonds is 3. The minimum atomic E-state index is -0.151. The number of benzene rings is 1. The highest BCUT2D eigenvalue weighted by atomic mass is 16.1. The summed E-state index contributed by atoms with van der Waals surface area (Å²) < 4.78 is 2.04. The van der Waals surface area contributed by atoms with Gasteiger partial charge in [0.25, 0.3) is 0 Å². The van der Waals surface area contributed by atoms with Crippen molar-refractivity contribution >= 4 is 11.5 Å². The molecule has 26 heavy (non-hydrogen) atoms. The molecule has 0 N–H and O–H groups in total. The summed E-state index contributed by atoms with van der Waals surface area (Å²) in [5, 5.41) is 0. The van der Waals surface area contributed by atoms with Gasteiger partial charge in [-0.1, -0.05) is 32.0 Å². The lowest BCUT2D eigenvalue weighted by molar-refractivity contribution is -0.684. The Hall–Kier alpha value is -2.42. The lowest BCUT2D eigenvalue weighted by atomic mass is 9.83. The van der Waals surface area contributed by atoms with Crippen LogP contribution in [0.15, 0.2) is 54.5 Å². The maximum Gasteiger partial charge on any atom is 0.222 e. The van der Waals surface area contributed by atoms with Gasteiger partial charge in [0.15, 0.2) is 12.4 Å². The van der Waals surface area contributed by atoms with Crippen molar-refractivity contribution < 1.29 is 9.36 Å². The van der Waals surface area contributed by atoms with E-state index in [1.807, 2.05) is 10.6 Å². The number of hydrogen-bond acceptors (Lipinski definition) is 2. The molecule has 0 fully saturated rings. The van der Waals surface area contributed by atoms with Gasteiger partial charge in [-0.2, -0.15) is 4.57 Å². The van der Waals surface area contributed by atoms with Gasteiger partial charge in [0, 0.05) is 41.6 Å². The minimum Gasteiger partial charge on any atom is -0.347 e. The largest absolute Gasteiger partial charge is 0.347 e. The third kappa shape index (κ3) is 2.86. The molecule has 0 unspecified atom stereocenters. The third-order valence-electron chi connectivity index (χ3n) is 5.92. The highest BCUT2D eigenvalue weighted by Gasteiger charge is 2.38. The molecule has 1 aromatic heterocycles. The van der Waals surface area contributed by atoms with E-state index in [4.69, 9.17) is 0 Å². The maximum absolute atomic E-state index is 12.8. The van der Waals surface area contributed by atoms with Gasteiger partial charge in [0.2, 0.25) is 12.3 Å². The van der Waals surface area contributed by atoms with Crippen LogP contribution < -0.4 is 9.47 Å². The van der Waals surface area contributed by atoms with E-state index in [-0.39, 0.29) is 11.2 Å². The number of ketones is 1. The number of fused-ring (bicyclic) bond motifs is 2. The maximum atomic E-state index is 12.8. The second kappa shape index (κ2) is 6.39. The second-order valence-corrected chi connectivity index (χ2v) is 8.07. The zero-order valence-electron chi connectivity index (χ0n) is 16.0. The molecule has 3 heteroatoms. The number of para-hydroxylation sites is 1. The lowest BCUT2D eigenvalue weighted by Crippen LogP contribution is -2.38. The number of allylic oxidation sites excluding steroid dienone is 2. The minimum absolute atomic E-state index is 0.147. The zero-order valence-corrected chi connectivity index (χ0v) is 16.0. The standard InChI is InChI=1S/C23H27N2O/c1-23(2)20-10-6-7-11-21(20)24(3)22(23)14-19(26)16-25-13-12-17-8-4-5-9-18(17)15-25/h6-7,10-15H,4-5,8-9,16H2,1-3H3/q+1/b22-14-. The van der Waals surface area contributed by atoms with Gasteiger partial charge in [0.05, 0.1) is 0 Å². The third-order valence-corrected chi connectivity index (χ3v) is 5.92. The SMILES string of the molecule is CN1/C(=C\C(=O)C[n+]2ccc3c(c2)CCCC3)C(C)(C)c2ccccc21. The van der Waals surface area contributed by atoms with Crippen molar-refractivity contribution in [2.24, 2.45) is 0 Å². The Bertz CT molecular complexity index is 895. The Morgan fingerprint density at radius 2 is 1.88 bits per heavy atom. The Kier molecular flexibility index (Phi) is 4.18. The molecular weight excluding hydrogens is 320 g/mol.